The van der Waals surface area contributed by atoms with Crippen molar-refractivity contribution in [2.24, 2.45) is 0 Å². The maximum absolute atomic E-state index is 11.9. The van der Waals surface area contributed by atoms with Crippen LogP contribution in [0, 0.1) is 0 Å². The quantitative estimate of drug-likeness (QED) is 0.688. The van der Waals surface area contributed by atoms with E-state index in [4.69, 9.17) is 0 Å². The number of aromatic nitrogens is 3. The van der Waals surface area contributed by atoms with E-state index < -0.39 is 6.10 Å². The molecule has 16 heavy (non-hydrogen) atoms. The van der Waals surface area contributed by atoms with E-state index in [1.165, 1.54) is 4.68 Å². The number of nitrogens with one attached hydrogen (secondary N) is 1. The number of nitrogens with zero attached hydrogens (tertiary/aromatic N) is 3. The van der Waals surface area contributed by atoms with Crippen molar-refractivity contribution in [1.82, 2.24) is 19.7 Å². The van der Waals surface area contributed by atoms with E-state index >= 15 is 0 Å². The lowest BCUT2D eigenvalue weighted by molar-refractivity contribution is 0.147. The largest absolute Gasteiger partial charge is 0.390 e. The van der Waals surface area contributed by atoms with E-state index in [0.717, 1.165) is 31.6 Å². The molecule has 0 radical (unpaired) electrons. The van der Waals surface area contributed by atoms with Gasteiger partial charge in [-0.3, -0.25) is 4.57 Å². The van der Waals surface area contributed by atoms with Crippen LogP contribution in [0.1, 0.15) is 18.7 Å². The summed E-state index contributed by atoms with van der Waals surface area (Å²) in [7, 11) is 1.77. The zero-order valence-corrected chi connectivity index (χ0v) is 9.52. The molecule has 0 aliphatic carbocycles. The first-order valence-corrected chi connectivity index (χ1v) is 5.71. The van der Waals surface area contributed by atoms with Gasteiger partial charge in [0.05, 0.1) is 12.6 Å². The van der Waals surface area contributed by atoms with E-state index in [2.05, 4.69) is 10.4 Å². The van der Waals surface area contributed by atoms with E-state index in [9.17, 15) is 9.90 Å². The van der Waals surface area contributed by atoms with Crippen LogP contribution in [-0.4, -0.2) is 39.2 Å². The Hall–Kier alpha value is -1.14. The third kappa shape index (κ3) is 2.17. The van der Waals surface area contributed by atoms with Gasteiger partial charge < -0.3 is 10.4 Å². The third-order valence-electron chi connectivity index (χ3n) is 2.85. The molecule has 90 valence electrons. The maximum Gasteiger partial charge on any atom is 0.346 e. The summed E-state index contributed by atoms with van der Waals surface area (Å²) in [5, 5.41) is 16.7. The fourth-order valence-electron chi connectivity index (χ4n) is 2.07. The molecule has 6 nitrogen and oxygen atoms in total. The van der Waals surface area contributed by atoms with E-state index in [1.54, 1.807) is 11.6 Å². The summed E-state index contributed by atoms with van der Waals surface area (Å²) in [4.78, 5) is 11.9. The maximum atomic E-state index is 11.9. The molecule has 0 spiro atoms. The monoisotopic (exact) mass is 226 g/mol. The number of likely N-dealkylation sites (N-methyl/N-ethyl adjacent to an activating group) is 1. The van der Waals surface area contributed by atoms with Crippen molar-refractivity contribution in [2.45, 2.75) is 38.5 Å². The normalized spacial score (nSPS) is 17.1. The van der Waals surface area contributed by atoms with Crippen molar-refractivity contribution >= 4 is 0 Å². The van der Waals surface area contributed by atoms with Crippen LogP contribution in [0.25, 0.3) is 0 Å². The highest BCUT2D eigenvalue weighted by Crippen LogP contribution is 2.09. The van der Waals surface area contributed by atoms with Gasteiger partial charge in [-0.05, 0) is 19.9 Å². The second-order valence-electron chi connectivity index (χ2n) is 4.20. The van der Waals surface area contributed by atoms with Gasteiger partial charge in [-0.25, -0.2) is 9.48 Å². The molecule has 1 atom stereocenters. The summed E-state index contributed by atoms with van der Waals surface area (Å²) in [5.41, 5.74) is -0.0927. The topological polar surface area (TPSA) is 72.1 Å². The van der Waals surface area contributed by atoms with Crippen molar-refractivity contribution in [3.63, 3.8) is 0 Å². The SMILES string of the molecule is CNCC(O)Cn1nc2n(c1=O)CCCC2. The fraction of sp³-hybridized carbons (Fsp3) is 0.800. The minimum absolute atomic E-state index is 0.0927. The first-order valence-electron chi connectivity index (χ1n) is 5.71. The summed E-state index contributed by atoms with van der Waals surface area (Å²) < 4.78 is 3.10. The van der Waals surface area contributed by atoms with E-state index in [-0.39, 0.29) is 12.2 Å². The molecule has 0 saturated carbocycles. The lowest BCUT2D eigenvalue weighted by atomic mass is 10.2. The molecule has 2 rings (SSSR count). The standard InChI is InChI=1S/C10H18N4O2/c1-11-6-8(15)7-14-10(16)13-5-3-2-4-9(13)12-14/h8,11,15H,2-7H2,1H3. The van der Waals surface area contributed by atoms with Crippen molar-refractivity contribution in [1.29, 1.82) is 0 Å². The molecule has 1 aromatic rings. The second-order valence-corrected chi connectivity index (χ2v) is 4.20. The van der Waals surface area contributed by atoms with Crippen LogP contribution in [0.5, 0.6) is 0 Å². The molecular formula is C10H18N4O2. The molecule has 6 heteroatoms. The Morgan fingerprint density at radius 2 is 2.38 bits per heavy atom. The molecule has 2 heterocycles. The smallest absolute Gasteiger partial charge is 0.346 e. The van der Waals surface area contributed by atoms with Gasteiger partial charge in [0.2, 0.25) is 0 Å². The number of rotatable bonds is 4. The van der Waals surface area contributed by atoms with E-state index in [0.29, 0.717) is 6.54 Å². The number of aliphatic hydroxyl groups is 1. The highest BCUT2D eigenvalue weighted by molar-refractivity contribution is 4.91. The summed E-state index contributed by atoms with van der Waals surface area (Å²) in [6.45, 7) is 1.49. The molecular weight excluding hydrogens is 208 g/mol. The zero-order chi connectivity index (χ0) is 11.5. The zero-order valence-electron chi connectivity index (χ0n) is 9.52. The van der Waals surface area contributed by atoms with E-state index in [1.807, 2.05) is 0 Å². The van der Waals surface area contributed by atoms with Crippen molar-refractivity contribution < 1.29 is 5.11 Å². The molecule has 0 saturated heterocycles. The molecule has 0 amide bonds. The first kappa shape index (κ1) is 11.3. The van der Waals surface area contributed by atoms with Crippen LogP contribution in [-0.2, 0) is 19.5 Å². The number of hydrogen-bond acceptors (Lipinski definition) is 4. The van der Waals surface area contributed by atoms with Gasteiger partial charge in [0.15, 0.2) is 0 Å². The summed E-state index contributed by atoms with van der Waals surface area (Å²) in [6, 6.07) is 0. The van der Waals surface area contributed by atoms with Gasteiger partial charge in [-0.15, -0.1) is 0 Å². The summed E-state index contributed by atoms with van der Waals surface area (Å²) in [5.74, 6) is 0.855. The molecule has 0 aromatic carbocycles. The predicted molar refractivity (Wildman–Crippen MR) is 59.4 cm³/mol. The van der Waals surface area contributed by atoms with Crippen LogP contribution >= 0.6 is 0 Å². The van der Waals surface area contributed by atoms with Gasteiger partial charge in [0.25, 0.3) is 0 Å². The van der Waals surface area contributed by atoms with Gasteiger partial charge in [-0.2, -0.15) is 5.10 Å². The molecule has 1 aliphatic heterocycles. The Bertz CT molecular complexity index is 409. The van der Waals surface area contributed by atoms with Crippen LogP contribution in [0.3, 0.4) is 0 Å². The van der Waals surface area contributed by atoms with Gasteiger partial charge in [0.1, 0.15) is 5.82 Å². The molecule has 1 aromatic heterocycles. The molecule has 2 N–H and O–H groups in total. The Morgan fingerprint density at radius 3 is 3.06 bits per heavy atom. The van der Waals surface area contributed by atoms with Crippen LogP contribution in [0.15, 0.2) is 4.79 Å². The number of hydrogen-bond donors (Lipinski definition) is 2. The number of fused-ring (bicyclic) bond motifs is 1. The van der Waals surface area contributed by atoms with Crippen LogP contribution in [0.4, 0.5) is 0 Å². The minimum Gasteiger partial charge on any atom is -0.390 e. The lowest BCUT2D eigenvalue weighted by Gasteiger charge is -2.09. The van der Waals surface area contributed by atoms with Gasteiger partial charge >= 0.3 is 5.69 Å². The van der Waals surface area contributed by atoms with Gasteiger partial charge in [-0.1, -0.05) is 0 Å². The average Bonchev–Trinajstić information content (AvgIpc) is 2.57. The molecule has 0 fully saturated rings. The molecule has 0 bridgehead atoms. The Labute approximate surface area is 93.9 Å². The van der Waals surface area contributed by atoms with Gasteiger partial charge in [0, 0.05) is 19.5 Å². The Balaban J connectivity index is 2.16. The average molecular weight is 226 g/mol. The first-order chi connectivity index (χ1) is 7.72. The molecule has 1 aliphatic rings. The molecule has 1 unspecified atom stereocenters. The lowest BCUT2D eigenvalue weighted by Crippen LogP contribution is -2.34. The Morgan fingerprint density at radius 1 is 1.56 bits per heavy atom. The Kier molecular flexibility index (Phi) is 3.40. The fourth-order valence-corrected chi connectivity index (χ4v) is 2.07. The summed E-state index contributed by atoms with van der Waals surface area (Å²) in [6.07, 6.45) is 2.43. The second kappa shape index (κ2) is 4.80. The van der Waals surface area contributed by atoms with Crippen molar-refractivity contribution in [2.75, 3.05) is 13.6 Å². The van der Waals surface area contributed by atoms with Crippen LogP contribution in [0.2, 0.25) is 0 Å². The predicted octanol–water partition coefficient (Wildman–Crippen LogP) is -1.04. The number of aryl methyl sites for hydroxylation is 1. The highest BCUT2D eigenvalue weighted by atomic mass is 16.3. The third-order valence-corrected chi connectivity index (χ3v) is 2.85. The number of aliphatic hydroxyl groups excluding tert-OH is 1. The highest BCUT2D eigenvalue weighted by Gasteiger charge is 2.17. The van der Waals surface area contributed by atoms with Crippen molar-refractivity contribution in [3.8, 4) is 0 Å². The minimum atomic E-state index is -0.570. The van der Waals surface area contributed by atoms with Crippen molar-refractivity contribution in [3.05, 3.63) is 16.3 Å². The van der Waals surface area contributed by atoms with Crippen LogP contribution < -0.4 is 11.0 Å². The summed E-state index contributed by atoms with van der Waals surface area (Å²) >= 11 is 0.